The van der Waals surface area contributed by atoms with Crippen LogP contribution in [0.25, 0.3) is 0 Å². The number of nitrogens with two attached hydrogens (primary N) is 1. The number of anilines is 2. The van der Waals surface area contributed by atoms with E-state index in [0.717, 1.165) is 11.1 Å². The molecule has 0 amide bonds. The molecule has 1 aromatic carbocycles. The van der Waals surface area contributed by atoms with Crippen LogP contribution in [0.15, 0.2) is 58.8 Å². The van der Waals surface area contributed by atoms with Gasteiger partial charge in [0.25, 0.3) is 10.0 Å². The Balaban J connectivity index is 2.11. The molecule has 2 heterocycles. The number of nitrogens with zero attached hydrogens (tertiary/aromatic N) is 3. The summed E-state index contributed by atoms with van der Waals surface area (Å²) in [6.07, 6.45) is 2.89. The number of nitrogens with one attached hydrogen (secondary N) is 1. The molecule has 2 aromatic heterocycles. The first-order valence-corrected chi connectivity index (χ1v) is 10.7. The highest BCUT2D eigenvalue weighted by Gasteiger charge is 2.21. The van der Waals surface area contributed by atoms with E-state index in [1.807, 2.05) is 13.8 Å². The van der Waals surface area contributed by atoms with E-state index in [9.17, 15) is 8.42 Å². The first-order valence-electron chi connectivity index (χ1n) is 8.80. The van der Waals surface area contributed by atoms with Gasteiger partial charge >= 0.3 is 0 Å². The van der Waals surface area contributed by atoms with Gasteiger partial charge in [0.1, 0.15) is 24.3 Å². The van der Waals surface area contributed by atoms with E-state index in [1.165, 1.54) is 31.6 Å². The standard InChI is InChI=1S/C20H20ClN5O3S/c1-12-4-5-16(8-13(12)2)30(27,28)26-17-10-15(21)11-24-20(17)19(25-29-3)14-6-7-23-18(22)9-14/h4-11,26H,1-3H3,(H2,22,23)/b25-19-. The number of aromatic nitrogens is 2. The summed E-state index contributed by atoms with van der Waals surface area (Å²) < 4.78 is 28.6. The van der Waals surface area contributed by atoms with Gasteiger partial charge < -0.3 is 10.6 Å². The number of hydrogen-bond acceptors (Lipinski definition) is 7. The van der Waals surface area contributed by atoms with E-state index in [1.54, 1.807) is 24.3 Å². The average molecular weight is 446 g/mol. The molecule has 0 atom stereocenters. The third-order valence-corrected chi connectivity index (χ3v) is 5.92. The van der Waals surface area contributed by atoms with Crippen LogP contribution in [0, 0.1) is 13.8 Å². The van der Waals surface area contributed by atoms with Gasteiger partial charge in [0.15, 0.2) is 0 Å². The monoisotopic (exact) mass is 445 g/mol. The Kier molecular flexibility index (Phi) is 6.23. The molecule has 0 aliphatic rings. The number of aryl methyl sites for hydroxylation is 2. The third kappa shape index (κ3) is 4.69. The number of oxime groups is 1. The second-order valence-corrected chi connectivity index (χ2v) is 8.61. The van der Waals surface area contributed by atoms with Crippen LogP contribution in [0.5, 0.6) is 0 Å². The summed E-state index contributed by atoms with van der Waals surface area (Å²) >= 11 is 6.09. The first-order chi connectivity index (χ1) is 14.2. The molecule has 10 heteroatoms. The van der Waals surface area contributed by atoms with Crippen LogP contribution < -0.4 is 10.5 Å². The Hall–Kier alpha value is -3.17. The van der Waals surface area contributed by atoms with Crippen molar-refractivity contribution < 1.29 is 13.3 Å². The Bertz CT molecular complexity index is 1230. The molecule has 0 aliphatic heterocycles. The predicted molar refractivity (Wildman–Crippen MR) is 117 cm³/mol. The minimum atomic E-state index is -3.91. The molecule has 3 N–H and O–H groups in total. The smallest absolute Gasteiger partial charge is 0.261 e. The van der Waals surface area contributed by atoms with Crippen LogP contribution >= 0.6 is 11.6 Å². The summed E-state index contributed by atoms with van der Waals surface area (Å²) in [6.45, 7) is 3.75. The Labute approximate surface area is 179 Å². The van der Waals surface area contributed by atoms with Gasteiger partial charge in [0.2, 0.25) is 0 Å². The molecule has 3 rings (SSSR count). The minimum absolute atomic E-state index is 0.120. The molecule has 0 unspecified atom stereocenters. The molecular formula is C20H20ClN5O3S. The van der Waals surface area contributed by atoms with Gasteiger partial charge in [0, 0.05) is 18.0 Å². The van der Waals surface area contributed by atoms with E-state index in [4.69, 9.17) is 22.2 Å². The summed E-state index contributed by atoms with van der Waals surface area (Å²) in [5.74, 6) is 0.266. The minimum Gasteiger partial charge on any atom is -0.399 e. The number of rotatable bonds is 6. The molecule has 0 radical (unpaired) electrons. The van der Waals surface area contributed by atoms with Crippen LogP contribution in [0.3, 0.4) is 0 Å². The molecule has 0 bridgehead atoms. The van der Waals surface area contributed by atoms with Gasteiger partial charge in [-0.2, -0.15) is 0 Å². The fourth-order valence-corrected chi connectivity index (χ4v) is 4.01. The third-order valence-electron chi connectivity index (χ3n) is 4.35. The molecule has 0 saturated heterocycles. The van der Waals surface area contributed by atoms with E-state index in [-0.39, 0.29) is 32.8 Å². The normalized spacial score (nSPS) is 11.9. The van der Waals surface area contributed by atoms with Crippen LogP contribution in [-0.4, -0.2) is 31.2 Å². The van der Waals surface area contributed by atoms with Crippen molar-refractivity contribution in [2.24, 2.45) is 5.16 Å². The lowest BCUT2D eigenvalue weighted by atomic mass is 10.1. The molecule has 8 nitrogen and oxygen atoms in total. The number of halogens is 1. The second-order valence-electron chi connectivity index (χ2n) is 6.49. The van der Waals surface area contributed by atoms with Gasteiger partial charge in [-0.1, -0.05) is 22.8 Å². The molecule has 3 aromatic rings. The van der Waals surface area contributed by atoms with Crippen molar-refractivity contribution in [3.05, 3.63) is 76.2 Å². The summed E-state index contributed by atoms with van der Waals surface area (Å²) in [6, 6.07) is 9.58. The molecule has 0 fully saturated rings. The van der Waals surface area contributed by atoms with Gasteiger partial charge in [-0.05, 0) is 55.3 Å². The van der Waals surface area contributed by atoms with E-state index in [0.29, 0.717) is 5.56 Å². The molecular weight excluding hydrogens is 426 g/mol. The lowest BCUT2D eigenvalue weighted by molar-refractivity contribution is 0.214. The number of hydrogen-bond donors (Lipinski definition) is 2. The number of sulfonamides is 1. The predicted octanol–water partition coefficient (Wildman–Crippen LogP) is 3.53. The van der Waals surface area contributed by atoms with Crippen LogP contribution in [0.2, 0.25) is 5.02 Å². The molecule has 30 heavy (non-hydrogen) atoms. The topological polar surface area (TPSA) is 120 Å². The number of pyridine rings is 2. The highest BCUT2D eigenvalue weighted by atomic mass is 35.5. The van der Waals surface area contributed by atoms with Crippen LogP contribution in [0.1, 0.15) is 22.4 Å². The quantitative estimate of drug-likeness (QED) is 0.442. The Morgan fingerprint density at radius 2 is 1.90 bits per heavy atom. The maximum atomic E-state index is 13.0. The highest BCUT2D eigenvalue weighted by Crippen LogP contribution is 2.26. The fourth-order valence-electron chi connectivity index (χ4n) is 2.71. The zero-order chi connectivity index (χ0) is 21.9. The molecule has 156 valence electrons. The van der Waals surface area contributed by atoms with Crippen molar-refractivity contribution in [1.29, 1.82) is 0 Å². The fraction of sp³-hybridized carbons (Fsp3) is 0.150. The van der Waals surface area contributed by atoms with Crippen molar-refractivity contribution in [3.8, 4) is 0 Å². The Morgan fingerprint density at radius 3 is 2.57 bits per heavy atom. The van der Waals surface area contributed by atoms with Crippen molar-refractivity contribution in [1.82, 2.24) is 9.97 Å². The maximum Gasteiger partial charge on any atom is 0.261 e. The van der Waals surface area contributed by atoms with Crippen LogP contribution in [-0.2, 0) is 14.9 Å². The molecule has 0 aliphatic carbocycles. The van der Waals surface area contributed by atoms with E-state index < -0.39 is 10.0 Å². The number of nitrogen functional groups attached to an aromatic ring is 1. The highest BCUT2D eigenvalue weighted by molar-refractivity contribution is 7.92. The average Bonchev–Trinajstić information content (AvgIpc) is 2.68. The lowest BCUT2D eigenvalue weighted by Gasteiger charge is -2.14. The maximum absolute atomic E-state index is 13.0. The second kappa shape index (κ2) is 8.68. The van der Waals surface area contributed by atoms with Crippen molar-refractivity contribution in [2.75, 3.05) is 17.6 Å². The van der Waals surface area contributed by atoms with Gasteiger partial charge in [0.05, 0.1) is 15.6 Å². The first kappa shape index (κ1) is 21.5. The van der Waals surface area contributed by atoms with Gasteiger partial charge in [-0.25, -0.2) is 13.4 Å². The van der Waals surface area contributed by atoms with Crippen molar-refractivity contribution in [3.63, 3.8) is 0 Å². The van der Waals surface area contributed by atoms with E-state index >= 15 is 0 Å². The molecule has 0 saturated carbocycles. The van der Waals surface area contributed by atoms with Gasteiger partial charge in [-0.15, -0.1) is 0 Å². The van der Waals surface area contributed by atoms with Crippen molar-refractivity contribution >= 4 is 38.8 Å². The molecule has 0 spiro atoms. The van der Waals surface area contributed by atoms with Crippen molar-refractivity contribution in [2.45, 2.75) is 18.7 Å². The van der Waals surface area contributed by atoms with Gasteiger partial charge in [-0.3, -0.25) is 9.71 Å². The van der Waals surface area contributed by atoms with Crippen LogP contribution in [0.4, 0.5) is 11.5 Å². The number of benzene rings is 1. The lowest BCUT2D eigenvalue weighted by Crippen LogP contribution is -2.18. The largest absolute Gasteiger partial charge is 0.399 e. The zero-order valence-corrected chi connectivity index (χ0v) is 18.1. The summed E-state index contributed by atoms with van der Waals surface area (Å²) in [7, 11) is -2.54. The zero-order valence-electron chi connectivity index (χ0n) is 16.5. The SMILES string of the molecule is CO/N=C(/c1ccnc(N)c1)c1ncc(Cl)cc1NS(=O)(=O)c1ccc(C)c(C)c1. The summed E-state index contributed by atoms with van der Waals surface area (Å²) in [5.41, 5.74) is 8.80. The summed E-state index contributed by atoms with van der Waals surface area (Å²) in [4.78, 5) is 13.3. The Morgan fingerprint density at radius 1 is 1.13 bits per heavy atom. The van der Waals surface area contributed by atoms with E-state index in [2.05, 4.69) is 19.8 Å². The summed E-state index contributed by atoms with van der Waals surface area (Å²) in [5, 5.41) is 4.27.